The van der Waals surface area contributed by atoms with Gasteiger partial charge in [0.1, 0.15) is 0 Å². The smallest absolute Gasteiger partial charge is 0.264 e. The van der Waals surface area contributed by atoms with Crippen LogP contribution in [0, 0.1) is 6.92 Å². The minimum absolute atomic E-state index is 0.00937. The van der Waals surface area contributed by atoms with E-state index in [-0.39, 0.29) is 17.5 Å². The van der Waals surface area contributed by atoms with Gasteiger partial charge in [0.15, 0.2) is 0 Å². The molecule has 4 aliphatic carbocycles. The highest BCUT2D eigenvalue weighted by Gasteiger charge is 2.58. The number of fused-ring (bicyclic) bond motifs is 25. The van der Waals surface area contributed by atoms with Gasteiger partial charge in [-0.3, -0.25) is 0 Å². The van der Waals surface area contributed by atoms with Crippen LogP contribution in [0.4, 0.5) is 34.1 Å². The first-order chi connectivity index (χ1) is 38.4. The van der Waals surface area contributed by atoms with E-state index >= 15 is 0 Å². The van der Waals surface area contributed by atoms with Gasteiger partial charge in [0.05, 0.1) is 16.5 Å². The fraction of sp³-hybridized carbons (Fsp3) is 0.147. The lowest BCUT2D eigenvalue weighted by Crippen LogP contribution is -2.60. The summed E-state index contributed by atoms with van der Waals surface area (Å²) in [6.45, 7) is 16.3. The lowest BCUT2D eigenvalue weighted by Gasteiger charge is -2.44. The van der Waals surface area contributed by atoms with Crippen LogP contribution in [0.15, 0.2) is 218 Å². The third-order valence-electron chi connectivity index (χ3n) is 19.0. The molecule has 0 amide bonds. The van der Waals surface area contributed by atoms with Crippen molar-refractivity contribution in [1.29, 1.82) is 0 Å². The molecule has 6 aliphatic rings. The number of nitrogens with zero attached hydrogens (tertiary/aromatic N) is 2. The maximum Gasteiger partial charge on any atom is 0.264 e. The van der Waals surface area contributed by atoms with Gasteiger partial charge in [-0.2, -0.15) is 0 Å². The minimum atomic E-state index is -0.520. The van der Waals surface area contributed by atoms with E-state index in [2.05, 4.69) is 288 Å². The quantitative estimate of drug-likeness (QED) is 0.159. The summed E-state index contributed by atoms with van der Waals surface area (Å²) >= 11 is 2.09. The number of aryl methyl sites for hydroxylation is 1. The normalized spacial score (nSPS) is 15.4. The van der Waals surface area contributed by atoms with E-state index in [1.807, 2.05) is 0 Å². The molecule has 3 heterocycles. The molecule has 0 radical (unpaired) electrons. The van der Waals surface area contributed by atoms with Crippen molar-refractivity contribution in [3.63, 3.8) is 0 Å². The van der Waals surface area contributed by atoms with Crippen molar-refractivity contribution < 1.29 is 0 Å². The fourth-order valence-electron chi connectivity index (χ4n) is 15.7. The van der Waals surface area contributed by atoms with Crippen LogP contribution >= 0.6 is 11.3 Å². The molecule has 0 fully saturated rings. The lowest BCUT2D eigenvalue weighted by molar-refractivity contribution is 0.588. The van der Waals surface area contributed by atoms with Gasteiger partial charge in [-0.15, -0.1) is 11.3 Å². The van der Waals surface area contributed by atoms with Gasteiger partial charge in [0, 0.05) is 43.7 Å². The average Bonchev–Trinajstić information content (AvgIpc) is 2.42. The van der Waals surface area contributed by atoms with Crippen molar-refractivity contribution in [2.45, 2.75) is 70.1 Å². The predicted molar refractivity (Wildman–Crippen MR) is 333 cm³/mol. The Bertz CT molecular complexity index is 4400. The van der Waals surface area contributed by atoms with Gasteiger partial charge in [-0.25, -0.2) is 0 Å². The molecular formula is C75H57BN2S. The van der Waals surface area contributed by atoms with Crippen LogP contribution in [-0.2, 0) is 21.7 Å². The van der Waals surface area contributed by atoms with Crippen molar-refractivity contribution in [3.8, 4) is 44.5 Å². The summed E-state index contributed by atoms with van der Waals surface area (Å²) in [6, 6.07) is 85.1. The van der Waals surface area contributed by atoms with E-state index in [0.29, 0.717) is 0 Å². The lowest BCUT2D eigenvalue weighted by atomic mass is 9.35. The number of anilines is 6. The first kappa shape index (κ1) is 45.6. The molecule has 4 heteroatoms. The first-order valence-corrected chi connectivity index (χ1v) is 29.1. The highest BCUT2D eigenvalue weighted by atomic mass is 32.1. The number of hydrogen-bond acceptors (Lipinski definition) is 3. The summed E-state index contributed by atoms with van der Waals surface area (Å²) in [6.07, 6.45) is 0. The molecule has 2 nitrogen and oxygen atoms in total. The summed E-state index contributed by atoms with van der Waals surface area (Å²) in [4.78, 5) is 6.74. The van der Waals surface area contributed by atoms with Crippen LogP contribution in [0.25, 0.3) is 44.5 Å². The molecule has 2 spiro atoms. The van der Waals surface area contributed by atoms with E-state index in [1.54, 1.807) is 0 Å². The Morgan fingerprint density at radius 1 is 0.380 bits per heavy atom. The Morgan fingerprint density at radius 3 is 1.38 bits per heavy atom. The minimum Gasteiger partial charge on any atom is -0.311 e. The van der Waals surface area contributed by atoms with Crippen LogP contribution in [0.2, 0.25) is 0 Å². The van der Waals surface area contributed by atoms with Crippen LogP contribution < -0.4 is 25.5 Å². The number of benzene rings is 10. The molecule has 0 bridgehead atoms. The molecule has 0 atom stereocenters. The summed E-state index contributed by atoms with van der Waals surface area (Å²) in [5, 5.41) is 0. The molecule has 0 saturated carbocycles. The monoisotopic (exact) mass is 1030 g/mol. The molecule has 2 aliphatic heterocycles. The Hall–Kier alpha value is -8.44. The van der Waals surface area contributed by atoms with Gasteiger partial charge in [0.2, 0.25) is 0 Å². The highest BCUT2D eigenvalue weighted by molar-refractivity contribution is 7.30. The molecule has 17 rings (SSSR count). The van der Waals surface area contributed by atoms with Gasteiger partial charge >= 0.3 is 0 Å². The molecule has 1 aromatic heterocycles. The van der Waals surface area contributed by atoms with Crippen LogP contribution in [0.1, 0.15) is 102 Å². The first-order valence-electron chi connectivity index (χ1n) is 28.3. The molecular weight excluding hydrogens is 972 g/mol. The zero-order valence-corrected chi connectivity index (χ0v) is 46.5. The Kier molecular flexibility index (Phi) is 8.90. The van der Waals surface area contributed by atoms with Crippen molar-refractivity contribution in [2.75, 3.05) is 9.80 Å². The maximum absolute atomic E-state index is 2.71. The second-order valence-electron chi connectivity index (χ2n) is 25.2. The number of thiophene rings is 1. The van der Waals surface area contributed by atoms with Crippen LogP contribution in [0.5, 0.6) is 0 Å². The van der Waals surface area contributed by atoms with Crippen LogP contribution in [-0.4, -0.2) is 6.71 Å². The highest BCUT2D eigenvalue weighted by Crippen LogP contribution is 2.68. The number of rotatable bonds is 2. The third kappa shape index (κ3) is 5.63. The second kappa shape index (κ2) is 15.4. The summed E-state index contributed by atoms with van der Waals surface area (Å²) in [5.41, 5.74) is 33.2. The number of hydrogen-bond donors (Lipinski definition) is 0. The molecule has 376 valence electrons. The SMILES string of the molecule is Cc1cc2c3c(c1)N(c1ccccc1)c1c(sc4c1-c1ccc(C(C)(C)C)cc1C41c4ccccc4-c4ccccc41)B3c1cc3c(cc1N2c1ccc(C(C)(C)C)cc1)-c1ccccc1C31c2ccccc2-c2ccccc21. The van der Waals surface area contributed by atoms with Crippen LogP contribution in [0.3, 0.4) is 0 Å². The Morgan fingerprint density at radius 2 is 0.835 bits per heavy atom. The summed E-state index contributed by atoms with van der Waals surface area (Å²) in [7, 11) is 0. The molecule has 0 saturated heterocycles. The fourth-order valence-corrected chi connectivity index (χ4v) is 17.4. The Balaban J connectivity index is 1.03. The Labute approximate surface area is 468 Å². The van der Waals surface area contributed by atoms with E-state index in [9.17, 15) is 0 Å². The molecule has 10 aromatic carbocycles. The van der Waals surface area contributed by atoms with E-state index < -0.39 is 10.8 Å². The van der Waals surface area contributed by atoms with E-state index in [4.69, 9.17) is 0 Å². The molecule has 11 aromatic rings. The van der Waals surface area contributed by atoms with Crippen molar-refractivity contribution >= 4 is 67.9 Å². The molecule has 79 heavy (non-hydrogen) atoms. The third-order valence-corrected chi connectivity index (χ3v) is 20.4. The topological polar surface area (TPSA) is 6.48 Å². The van der Waals surface area contributed by atoms with Gasteiger partial charge < -0.3 is 9.80 Å². The molecule has 0 unspecified atom stereocenters. The summed E-state index contributed by atoms with van der Waals surface area (Å²) < 4.78 is 1.40. The van der Waals surface area contributed by atoms with Crippen molar-refractivity contribution in [3.05, 3.63) is 279 Å². The van der Waals surface area contributed by atoms with Crippen molar-refractivity contribution in [1.82, 2.24) is 0 Å². The largest absolute Gasteiger partial charge is 0.311 e. The summed E-state index contributed by atoms with van der Waals surface area (Å²) in [5.74, 6) is 0. The van der Waals surface area contributed by atoms with E-state index in [0.717, 1.165) is 0 Å². The van der Waals surface area contributed by atoms with E-state index in [1.165, 1.54) is 155 Å². The predicted octanol–water partition coefficient (Wildman–Crippen LogP) is 17.4. The average molecular weight is 1030 g/mol. The van der Waals surface area contributed by atoms with Gasteiger partial charge in [-0.1, -0.05) is 217 Å². The molecule has 0 N–H and O–H groups in total. The van der Waals surface area contributed by atoms with Gasteiger partial charge in [0.25, 0.3) is 6.71 Å². The van der Waals surface area contributed by atoms with Crippen molar-refractivity contribution in [2.24, 2.45) is 0 Å². The van der Waals surface area contributed by atoms with Gasteiger partial charge in [-0.05, 0) is 166 Å². The number of para-hydroxylation sites is 1. The zero-order valence-electron chi connectivity index (χ0n) is 45.7. The maximum atomic E-state index is 2.71. The second-order valence-corrected chi connectivity index (χ2v) is 26.2. The zero-order chi connectivity index (χ0) is 53.1. The standard InChI is InChI=1S/C75H57BN2S/c1-44-39-65-68-66(40-44)78(47-21-9-8-10-22-47)69-67-54-38-35-46(73(5,6)7)41-61(54)75(59-31-19-13-25-51(59)52-26-14-20-32-60(52)75)70(67)79-71(69)76(68)63-43-62-55(42-64(63)77(65)48-36-33-45(34-37-48)72(2,3)4)53-27-15-18-30-58(53)74(62)56-28-16-11-23-49(56)50-24-12-17-29-57(50)74/h8-43H,1-7H3.